The Morgan fingerprint density at radius 3 is 2.65 bits per heavy atom. The van der Waals surface area contributed by atoms with Gasteiger partial charge in [0.25, 0.3) is 0 Å². The fourth-order valence-corrected chi connectivity index (χ4v) is 2.61. The molecule has 0 spiro atoms. The number of carbonyl (C=O) groups excluding carboxylic acids is 1. The highest BCUT2D eigenvalue weighted by atomic mass is 127. The number of benzene rings is 1. The molecule has 0 bridgehead atoms. The molecule has 1 heterocycles. The quantitative estimate of drug-likeness (QED) is 0.856. The number of nitrogens with zero attached hydrogens (tertiary/aromatic N) is 1. The fraction of sp³-hybridized carbons (Fsp3) is 0.462. The summed E-state index contributed by atoms with van der Waals surface area (Å²) in [5.41, 5.74) is 1.04. The summed E-state index contributed by atoms with van der Waals surface area (Å²) in [7, 11) is 0. The van der Waals surface area contributed by atoms with Gasteiger partial charge in [0.05, 0.1) is 6.54 Å². The monoisotopic (exact) mass is 344 g/mol. The Morgan fingerprint density at radius 1 is 1.24 bits per heavy atom. The van der Waals surface area contributed by atoms with E-state index in [1.165, 1.54) is 6.42 Å². The fourth-order valence-electron chi connectivity index (χ4n) is 2.03. The number of amides is 1. The third kappa shape index (κ3) is 3.59. The van der Waals surface area contributed by atoms with E-state index in [-0.39, 0.29) is 5.91 Å². The van der Waals surface area contributed by atoms with E-state index in [0.717, 1.165) is 35.2 Å². The van der Waals surface area contributed by atoms with Gasteiger partial charge < -0.3 is 10.2 Å². The summed E-state index contributed by atoms with van der Waals surface area (Å²) in [4.78, 5) is 13.9. The summed E-state index contributed by atoms with van der Waals surface area (Å²) >= 11 is 2.27. The molecule has 0 aliphatic carbocycles. The summed E-state index contributed by atoms with van der Waals surface area (Å²) in [5.74, 6) is 0.212. The van der Waals surface area contributed by atoms with Crippen LogP contribution in [0, 0.1) is 3.57 Å². The van der Waals surface area contributed by atoms with Crippen LogP contribution in [0.25, 0.3) is 0 Å². The molecule has 0 saturated carbocycles. The maximum Gasteiger partial charge on any atom is 0.241 e. The third-order valence-corrected chi connectivity index (χ3v) is 3.95. The van der Waals surface area contributed by atoms with Gasteiger partial charge in [-0.3, -0.25) is 4.79 Å². The Hall–Kier alpha value is -0.780. The first-order valence-corrected chi connectivity index (χ1v) is 7.11. The van der Waals surface area contributed by atoms with E-state index in [1.54, 1.807) is 0 Å². The Labute approximate surface area is 116 Å². The normalized spacial score (nSPS) is 15.7. The van der Waals surface area contributed by atoms with Gasteiger partial charge in [-0.1, -0.05) is 12.1 Å². The Balaban J connectivity index is 1.85. The van der Waals surface area contributed by atoms with Gasteiger partial charge in [-0.05, 0) is 54.0 Å². The summed E-state index contributed by atoms with van der Waals surface area (Å²) in [6.45, 7) is 2.25. The molecule has 0 atom stereocenters. The van der Waals surface area contributed by atoms with Crippen LogP contribution in [0.4, 0.5) is 5.69 Å². The molecule has 1 fully saturated rings. The Bertz CT molecular complexity index is 389. The topological polar surface area (TPSA) is 32.3 Å². The molecule has 0 aromatic heterocycles. The van der Waals surface area contributed by atoms with E-state index in [9.17, 15) is 4.79 Å². The van der Waals surface area contributed by atoms with Crippen LogP contribution in [0.5, 0.6) is 0 Å². The molecule has 92 valence electrons. The molecule has 3 nitrogen and oxygen atoms in total. The van der Waals surface area contributed by atoms with E-state index in [4.69, 9.17) is 0 Å². The van der Waals surface area contributed by atoms with Crippen LogP contribution in [0.1, 0.15) is 19.3 Å². The molecule has 1 aromatic carbocycles. The van der Waals surface area contributed by atoms with Gasteiger partial charge in [0.2, 0.25) is 5.91 Å². The molecule has 1 aliphatic rings. The Morgan fingerprint density at radius 2 is 1.94 bits per heavy atom. The van der Waals surface area contributed by atoms with Gasteiger partial charge in [0.15, 0.2) is 0 Å². The van der Waals surface area contributed by atoms with Gasteiger partial charge in [-0.25, -0.2) is 0 Å². The molecule has 4 heteroatoms. The second-order valence-electron chi connectivity index (χ2n) is 4.27. The summed E-state index contributed by atoms with van der Waals surface area (Å²) < 4.78 is 1.15. The largest absolute Gasteiger partial charge is 0.375 e. The lowest BCUT2D eigenvalue weighted by Crippen LogP contribution is -2.39. The van der Waals surface area contributed by atoms with Crippen LogP contribution < -0.4 is 5.32 Å². The van der Waals surface area contributed by atoms with E-state index in [1.807, 2.05) is 29.2 Å². The van der Waals surface area contributed by atoms with Crippen molar-refractivity contribution in [2.45, 2.75) is 19.3 Å². The lowest BCUT2D eigenvalue weighted by Gasteiger charge is -2.27. The molecule has 1 aromatic rings. The van der Waals surface area contributed by atoms with Crippen molar-refractivity contribution in [1.82, 2.24) is 4.90 Å². The molecule has 17 heavy (non-hydrogen) atoms. The molecule has 2 rings (SSSR count). The molecular formula is C13H17IN2O. The first-order valence-electron chi connectivity index (χ1n) is 6.03. The average molecular weight is 344 g/mol. The van der Waals surface area contributed by atoms with Gasteiger partial charge in [-0.15, -0.1) is 0 Å². The number of hydrogen-bond donors (Lipinski definition) is 1. The predicted molar refractivity (Wildman–Crippen MR) is 78.1 cm³/mol. The zero-order valence-electron chi connectivity index (χ0n) is 9.79. The van der Waals surface area contributed by atoms with Crippen molar-refractivity contribution >= 4 is 34.2 Å². The zero-order chi connectivity index (χ0) is 12.1. The van der Waals surface area contributed by atoms with Crippen LogP contribution in [0.15, 0.2) is 24.3 Å². The summed E-state index contributed by atoms with van der Waals surface area (Å²) in [6, 6.07) is 8.02. The molecule has 1 saturated heterocycles. The van der Waals surface area contributed by atoms with Crippen molar-refractivity contribution in [2.75, 3.05) is 25.0 Å². The van der Waals surface area contributed by atoms with Gasteiger partial charge in [-0.2, -0.15) is 0 Å². The van der Waals surface area contributed by atoms with Crippen LogP contribution in [0.3, 0.4) is 0 Å². The number of nitrogens with one attached hydrogen (secondary N) is 1. The number of anilines is 1. The Kier molecular flexibility index (Phi) is 4.65. The molecule has 0 unspecified atom stereocenters. The van der Waals surface area contributed by atoms with E-state index >= 15 is 0 Å². The van der Waals surface area contributed by atoms with Crippen molar-refractivity contribution in [1.29, 1.82) is 0 Å². The first-order chi connectivity index (χ1) is 8.27. The molecular weight excluding hydrogens is 327 g/mol. The van der Waals surface area contributed by atoms with Crippen molar-refractivity contribution < 1.29 is 4.79 Å². The molecule has 1 amide bonds. The highest BCUT2D eigenvalue weighted by molar-refractivity contribution is 14.1. The molecule has 0 radical (unpaired) electrons. The average Bonchev–Trinajstić information content (AvgIpc) is 2.38. The minimum atomic E-state index is 0.212. The highest BCUT2D eigenvalue weighted by Crippen LogP contribution is 2.17. The number of carbonyl (C=O) groups is 1. The number of rotatable bonds is 3. The maximum atomic E-state index is 11.9. The molecule has 1 N–H and O–H groups in total. The summed E-state index contributed by atoms with van der Waals surface area (Å²) in [5, 5.41) is 3.21. The van der Waals surface area contributed by atoms with Gasteiger partial charge >= 0.3 is 0 Å². The first kappa shape index (κ1) is 12.7. The van der Waals surface area contributed by atoms with Gasteiger partial charge in [0, 0.05) is 22.3 Å². The lowest BCUT2D eigenvalue weighted by atomic mass is 10.1. The van der Waals surface area contributed by atoms with Crippen molar-refractivity contribution in [2.24, 2.45) is 0 Å². The lowest BCUT2D eigenvalue weighted by molar-refractivity contribution is -0.130. The van der Waals surface area contributed by atoms with E-state index < -0.39 is 0 Å². The third-order valence-electron chi connectivity index (χ3n) is 3.01. The van der Waals surface area contributed by atoms with Crippen LogP contribution in [-0.2, 0) is 4.79 Å². The number of para-hydroxylation sites is 1. The van der Waals surface area contributed by atoms with Crippen LogP contribution in [0.2, 0.25) is 0 Å². The van der Waals surface area contributed by atoms with Crippen LogP contribution in [-0.4, -0.2) is 30.4 Å². The number of hydrogen-bond acceptors (Lipinski definition) is 2. The standard InChI is InChI=1S/C13H17IN2O/c14-11-6-2-3-7-12(11)15-10-13(17)16-8-4-1-5-9-16/h2-3,6-7,15H,1,4-5,8-10H2. The number of piperidine rings is 1. The second-order valence-corrected chi connectivity index (χ2v) is 5.44. The SMILES string of the molecule is O=C(CNc1ccccc1I)N1CCCCC1. The van der Waals surface area contributed by atoms with Crippen molar-refractivity contribution in [3.8, 4) is 0 Å². The number of halogens is 1. The second kappa shape index (κ2) is 6.23. The van der Waals surface area contributed by atoms with Crippen molar-refractivity contribution in [3.63, 3.8) is 0 Å². The van der Waals surface area contributed by atoms with Crippen molar-refractivity contribution in [3.05, 3.63) is 27.8 Å². The minimum absolute atomic E-state index is 0.212. The van der Waals surface area contributed by atoms with E-state index in [2.05, 4.69) is 27.9 Å². The zero-order valence-corrected chi connectivity index (χ0v) is 11.9. The summed E-state index contributed by atoms with van der Waals surface area (Å²) in [6.07, 6.45) is 3.55. The highest BCUT2D eigenvalue weighted by Gasteiger charge is 2.15. The predicted octanol–water partition coefficient (Wildman–Crippen LogP) is 2.72. The van der Waals surface area contributed by atoms with E-state index in [0.29, 0.717) is 6.54 Å². The van der Waals surface area contributed by atoms with Gasteiger partial charge in [0.1, 0.15) is 0 Å². The number of likely N-dealkylation sites (tertiary alicyclic amines) is 1. The molecule has 1 aliphatic heterocycles. The maximum absolute atomic E-state index is 11.9. The smallest absolute Gasteiger partial charge is 0.241 e. The van der Waals surface area contributed by atoms with Crippen LogP contribution >= 0.6 is 22.6 Å². The minimum Gasteiger partial charge on any atom is -0.375 e.